The Bertz CT molecular complexity index is 786. The summed E-state index contributed by atoms with van der Waals surface area (Å²) in [4.78, 5) is 6.81. The first-order valence-corrected chi connectivity index (χ1v) is 5.76. The molecule has 3 nitrogen and oxygen atoms in total. The van der Waals surface area contributed by atoms with Crippen LogP contribution in [-0.2, 0) is 0 Å². The van der Waals surface area contributed by atoms with E-state index in [9.17, 15) is 13.9 Å². The highest BCUT2D eigenvalue weighted by atomic mass is 35.5. The van der Waals surface area contributed by atoms with Crippen LogP contribution >= 0.6 is 11.6 Å². The van der Waals surface area contributed by atoms with Crippen molar-refractivity contribution in [2.75, 3.05) is 0 Å². The molecule has 1 heterocycles. The number of benzene rings is 2. The van der Waals surface area contributed by atoms with Crippen LogP contribution in [0.3, 0.4) is 0 Å². The Morgan fingerprint density at radius 2 is 1.95 bits per heavy atom. The summed E-state index contributed by atoms with van der Waals surface area (Å²) in [5, 5.41) is 9.78. The van der Waals surface area contributed by atoms with Crippen molar-refractivity contribution in [1.29, 1.82) is 0 Å². The van der Waals surface area contributed by atoms with Crippen molar-refractivity contribution in [2.45, 2.75) is 0 Å². The Kier molecular flexibility index (Phi) is 2.64. The summed E-state index contributed by atoms with van der Waals surface area (Å²) in [5.41, 5.74) is 0.667. The van der Waals surface area contributed by atoms with Crippen molar-refractivity contribution in [1.82, 2.24) is 9.97 Å². The first-order chi connectivity index (χ1) is 9.04. The molecule has 0 spiro atoms. The van der Waals surface area contributed by atoms with Gasteiger partial charge in [0.1, 0.15) is 22.9 Å². The molecular weight excluding hydrogens is 274 g/mol. The van der Waals surface area contributed by atoms with Gasteiger partial charge in [-0.1, -0.05) is 11.6 Å². The van der Waals surface area contributed by atoms with Crippen LogP contribution in [-0.4, -0.2) is 15.1 Å². The highest BCUT2D eigenvalue weighted by Crippen LogP contribution is 2.31. The van der Waals surface area contributed by atoms with Gasteiger partial charge in [-0.15, -0.1) is 0 Å². The number of aromatic amines is 1. The molecule has 0 bridgehead atoms. The van der Waals surface area contributed by atoms with Crippen molar-refractivity contribution in [3.05, 3.63) is 47.0 Å². The predicted octanol–water partition coefficient (Wildman–Crippen LogP) is 3.87. The molecule has 96 valence electrons. The Morgan fingerprint density at radius 1 is 1.16 bits per heavy atom. The van der Waals surface area contributed by atoms with Crippen LogP contribution in [0.5, 0.6) is 5.75 Å². The number of nitrogens with one attached hydrogen (secondary N) is 1. The molecule has 2 N–H and O–H groups in total. The third-order valence-electron chi connectivity index (χ3n) is 2.71. The lowest BCUT2D eigenvalue weighted by molar-refractivity contribution is 0.475. The SMILES string of the molecule is Oc1ccc(Cl)c(-c2nc3c(F)cc(F)cc3[nH]2)c1. The lowest BCUT2D eigenvalue weighted by Gasteiger charge is -2.00. The van der Waals surface area contributed by atoms with Gasteiger partial charge in [0.05, 0.1) is 10.5 Å². The van der Waals surface area contributed by atoms with Gasteiger partial charge in [0.25, 0.3) is 0 Å². The van der Waals surface area contributed by atoms with Crippen LogP contribution in [0.2, 0.25) is 5.02 Å². The number of nitrogens with zero attached hydrogens (tertiary/aromatic N) is 1. The van der Waals surface area contributed by atoms with Crippen LogP contribution in [0.4, 0.5) is 8.78 Å². The molecule has 0 saturated carbocycles. The van der Waals surface area contributed by atoms with Gasteiger partial charge < -0.3 is 10.1 Å². The minimum absolute atomic E-state index is 0.00603. The van der Waals surface area contributed by atoms with E-state index in [-0.39, 0.29) is 22.6 Å². The second-order valence-electron chi connectivity index (χ2n) is 4.03. The summed E-state index contributed by atoms with van der Waals surface area (Å²) in [7, 11) is 0. The fourth-order valence-corrected chi connectivity index (χ4v) is 2.07. The Labute approximate surface area is 111 Å². The molecule has 3 rings (SSSR count). The predicted molar refractivity (Wildman–Crippen MR) is 68.1 cm³/mol. The highest BCUT2D eigenvalue weighted by Gasteiger charge is 2.13. The van der Waals surface area contributed by atoms with Crippen LogP contribution in [0.25, 0.3) is 22.4 Å². The zero-order valence-electron chi connectivity index (χ0n) is 9.42. The Balaban J connectivity index is 2.26. The molecule has 3 aromatic rings. The summed E-state index contributed by atoms with van der Waals surface area (Å²) in [6, 6.07) is 6.22. The van der Waals surface area contributed by atoms with E-state index < -0.39 is 11.6 Å². The molecule has 19 heavy (non-hydrogen) atoms. The molecule has 0 atom stereocenters. The Morgan fingerprint density at radius 3 is 2.74 bits per heavy atom. The molecule has 0 unspecified atom stereocenters. The van der Waals surface area contributed by atoms with E-state index in [2.05, 4.69) is 9.97 Å². The Hall–Kier alpha value is -2.14. The maximum absolute atomic E-state index is 13.6. The third kappa shape index (κ3) is 2.02. The van der Waals surface area contributed by atoms with Gasteiger partial charge in [-0.25, -0.2) is 13.8 Å². The number of rotatable bonds is 1. The third-order valence-corrected chi connectivity index (χ3v) is 3.04. The lowest BCUT2D eigenvalue weighted by Crippen LogP contribution is -1.82. The molecule has 0 aliphatic heterocycles. The topological polar surface area (TPSA) is 48.9 Å². The summed E-state index contributed by atoms with van der Waals surface area (Å²) < 4.78 is 26.6. The van der Waals surface area contributed by atoms with Gasteiger partial charge in [0.2, 0.25) is 0 Å². The summed E-state index contributed by atoms with van der Waals surface area (Å²) >= 11 is 5.99. The quantitative estimate of drug-likeness (QED) is 0.711. The number of H-pyrrole nitrogens is 1. The van der Waals surface area contributed by atoms with Crippen molar-refractivity contribution in [3.8, 4) is 17.1 Å². The molecular formula is C13H7ClF2N2O. The van der Waals surface area contributed by atoms with Gasteiger partial charge in [-0.2, -0.15) is 0 Å². The first-order valence-electron chi connectivity index (χ1n) is 5.38. The summed E-state index contributed by atoms with van der Waals surface area (Å²) in [5.74, 6) is -1.18. The number of fused-ring (bicyclic) bond motifs is 1. The number of aromatic nitrogens is 2. The monoisotopic (exact) mass is 280 g/mol. The van der Waals surface area contributed by atoms with E-state index in [1.54, 1.807) is 0 Å². The van der Waals surface area contributed by atoms with E-state index in [0.29, 0.717) is 10.6 Å². The average Bonchev–Trinajstić information content (AvgIpc) is 2.76. The molecule has 0 radical (unpaired) electrons. The first kappa shape index (κ1) is 11.9. The second kappa shape index (κ2) is 4.20. The fraction of sp³-hybridized carbons (Fsp3) is 0. The largest absolute Gasteiger partial charge is 0.508 e. The van der Waals surface area contributed by atoms with Crippen LogP contribution < -0.4 is 0 Å². The number of halogens is 3. The van der Waals surface area contributed by atoms with E-state index in [1.807, 2.05) is 0 Å². The molecule has 0 aliphatic rings. The fourth-order valence-electron chi connectivity index (χ4n) is 1.86. The normalized spacial score (nSPS) is 11.1. The molecule has 6 heteroatoms. The minimum Gasteiger partial charge on any atom is -0.508 e. The zero-order valence-corrected chi connectivity index (χ0v) is 10.2. The molecule has 0 saturated heterocycles. The molecule has 0 amide bonds. The standard InChI is InChI=1S/C13H7ClF2N2O/c14-9-2-1-7(19)5-8(9)13-17-11-4-6(15)3-10(16)12(11)18-13/h1-5,19H,(H,17,18). The van der Waals surface area contributed by atoms with Gasteiger partial charge in [-0.3, -0.25) is 0 Å². The van der Waals surface area contributed by atoms with Gasteiger partial charge in [-0.05, 0) is 24.3 Å². The van der Waals surface area contributed by atoms with Crippen molar-refractivity contribution in [2.24, 2.45) is 0 Å². The maximum Gasteiger partial charge on any atom is 0.153 e. The van der Waals surface area contributed by atoms with Crippen LogP contribution in [0, 0.1) is 11.6 Å². The number of hydrogen-bond donors (Lipinski definition) is 2. The van der Waals surface area contributed by atoms with Crippen molar-refractivity contribution < 1.29 is 13.9 Å². The zero-order chi connectivity index (χ0) is 13.6. The van der Waals surface area contributed by atoms with E-state index in [0.717, 1.165) is 12.1 Å². The summed E-state index contributed by atoms with van der Waals surface area (Å²) in [6.45, 7) is 0. The van der Waals surface area contributed by atoms with Gasteiger partial charge >= 0.3 is 0 Å². The van der Waals surface area contributed by atoms with Gasteiger partial charge in [0.15, 0.2) is 5.82 Å². The number of phenols is 1. The maximum atomic E-state index is 13.6. The highest BCUT2D eigenvalue weighted by molar-refractivity contribution is 6.33. The van der Waals surface area contributed by atoms with Crippen LogP contribution in [0.15, 0.2) is 30.3 Å². The van der Waals surface area contributed by atoms with Crippen LogP contribution in [0.1, 0.15) is 0 Å². The van der Waals surface area contributed by atoms with E-state index >= 15 is 0 Å². The van der Waals surface area contributed by atoms with Crippen molar-refractivity contribution >= 4 is 22.6 Å². The number of aromatic hydroxyl groups is 1. The molecule has 0 aliphatic carbocycles. The van der Waals surface area contributed by atoms with E-state index in [4.69, 9.17) is 11.6 Å². The molecule has 1 aromatic heterocycles. The lowest BCUT2D eigenvalue weighted by atomic mass is 10.2. The smallest absolute Gasteiger partial charge is 0.153 e. The van der Waals surface area contributed by atoms with E-state index in [1.165, 1.54) is 18.2 Å². The number of hydrogen-bond acceptors (Lipinski definition) is 2. The summed E-state index contributed by atoms with van der Waals surface area (Å²) in [6.07, 6.45) is 0. The number of imidazole rings is 1. The van der Waals surface area contributed by atoms with Crippen molar-refractivity contribution in [3.63, 3.8) is 0 Å². The van der Waals surface area contributed by atoms with Gasteiger partial charge in [0, 0.05) is 11.6 Å². The molecule has 2 aromatic carbocycles. The average molecular weight is 281 g/mol. The second-order valence-corrected chi connectivity index (χ2v) is 4.44. The molecule has 0 fully saturated rings. The minimum atomic E-state index is -0.756. The number of phenolic OH excluding ortho intramolecular Hbond substituents is 1.